The van der Waals surface area contributed by atoms with Gasteiger partial charge in [-0.1, -0.05) is 6.07 Å². The van der Waals surface area contributed by atoms with Crippen molar-refractivity contribution < 1.29 is 17.9 Å². The molecule has 0 atom stereocenters. The minimum Gasteiger partial charge on any atom is -0.399 e. The van der Waals surface area contributed by atoms with Crippen LogP contribution in [0.15, 0.2) is 30.5 Å². The SMILES string of the molecule is Nc1ccc2ccn(CCOCC(F)(F)F)c2c1. The van der Waals surface area contributed by atoms with Gasteiger partial charge in [-0.25, -0.2) is 0 Å². The molecule has 2 aromatic rings. The van der Waals surface area contributed by atoms with Gasteiger partial charge in [-0.05, 0) is 23.6 Å². The van der Waals surface area contributed by atoms with Crippen molar-refractivity contribution in [2.45, 2.75) is 12.7 Å². The topological polar surface area (TPSA) is 40.2 Å². The molecule has 2 N–H and O–H groups in total. The summed E-state index contributed by atoms with van der Waals surface area (Å²) in [5, 5.41) is 1.00. The van der Waals surface area contributed by atoms with Crippen LogP contribution in [-0.4, -0.2) is 24.0 Å². The van der Waals surface area contributed by atoms with E-state index >= 15 is 0 Å². The number of ether oxygens (including phenoxy) is 1. The van der Waals surface area contributed by atoms with E-state index in [9.17, 15) is 13.2 Å². The normalized spacial score (nSPS) is 12.2. The summed E-state index contributed by atoms with van der Waals surface area (Å²) in [6.45, 7) is -0.838. The van der Waals surface area contributed by atoms with Gasteiger partial charge in [-0.3, -0.25) is 0 Å². The first kappa shape index (κ1) is 12.8. The fourth-order valence-corrected chi connectivity index (χ4v) is 1.75. The fraction of sp³-hybridized carbons (Fsp3) is 0.333. The maximum atomic E-state index is 11.9. The van der Waals surface area contributed by atoms with Crippen molar-refractivity contribution in [1.82, 2.24) is 4.57 Å². The highest BCUT2D eigenvalue weighted by Gasteiger charge is 2.27. The molecule has 0 saturated carbocycles. The van der Waals surface area contributed by atoms with E-state index < -0.39 is 12.8 Å². The molecule has 0 spiro atoms. The molecule has 0 saturated heterocycles. The minimum atomic E-state index is -4.27. The number of aromatic nitrogens is 1. The Kier molecular flexibility index (Phi) is 3.47. The number of nitrogens with two attached hydrogens (primary N) is 1. The lowest BCUT2D eigenvalue weighted by molar-refractivity contribution is -0.174. The van der Waals surface area contributed by atoms with Crippen LogP contribution < -0.4 is 5.73 Å². The molecule has 1 heterocycles. The number of anilines is 1. The number of rotatable bonds is 4. The first-order valence-corrected chi connectivity index (χ1v) is 5.44. The van der Waals surface area contributed by atoms with Gasteiger partial charge in [-0.2, -0.15) is 13.2 Å². The second kappa shape index (κ2) is 4.89. The van der Waals surface area contributed by atoms with Crippen LogP contribution in [0.5, 0.6) is 0 Å². The lowest BCUT2D eigenvalue weighted by Crippen LogP contribution is -2.18. The Morgan fingerprint density at radius 2 is 2.00 bits per heavy atom. The molecular weight excluding hydrogens is 245 g/mol. The number of hydrogen-bond donors (Lipinski definition) is 1. The zero-order chi connectivity index (χ0) is 13.2. The molecule has 98 valence electrons. The van der Waals surface area contributed by atoms with Crippen LogP contribution in [0, 0.1) is 0 Å². The third kappa shape index (κ3) is 3.16. The Bertz CT molecular complexity index is 534. The van der Waals surface area contributed by atoms with E-state index in [0.29, 0.717) is 12.2 Å². The van der Waals surface area contributed by atoms with Crippen LogP contribution in [-0.2, 0) is 11.3 Å². The van der Waals surface area contributed by atoms with Gasteiger partial charge in [0, 0.05) is 18.4 Å². The first-order chi connectivity index (χ1) is 8.46. The molecule has 0 radical (unpaired) electrons. The lowest BCUT2D eigenvalue weighted by Gasteiger charge is -2.09. The van der Waals surface area contributed by atoms with E-state index in [-0.39, 0.29) is 6.61 Å². The first-order valence-electron chi connectivity index (χ1n) is 5.44. The molecule has 0 aliphatic heterocycles. The number of fused-ring (bicyclic) bond motifs is 1. The average molecular weight is 258 g/mol. The largest absolute Gasteiger partial charge is 0.411 e. The van der Waals surface area contributed by atoms with Gasteiger partial charge in [0.1, 0.15) is 6.61 Å². The third-order valence-electron chi connectivity index (χ3n) is 2.54. The highest BCUT2D eigenvalue weighted by Crippen LogP contribution is 2.19. The number of benzene rings is 1. The van der Waals surface area contributed by atoms with Gasteiger partial charge in [-0.15, -0.1) is 0 Å². The average Bonchev–Trinajstić information content (AvgIpc) is 2.66. The van der Waals surface area contributed by atoms with Crippen molar-refractivity contribution >= 4 is 16.6 Å². The summed E-state index contributed by atoms with van der Waals surface area (Å²) in [6, 6.07) is 7.34. The molecule has 0 unspecified atom stereocenters. The van der Waals surface area contributed by atoms with Crippen LogP contribution in [0.4, 0.5) is 18.9 Å². The van der Waals surface area contributed by atoms with E-state index in [0.717, 1.165) is 10.9 Å². The molecule has 0 aliphatic rings. The molecule has 6 heteroatoms. The molecule has 1 aromatic carbocycles. The summed E-state index contributed by atoms with van der Waals surface area (Å²) in [5.74, 6) is 0. The maximum Gasteiger partial charge on any atom is 0.411 e. The molecule has 0 aliphatic carbocycles. The minimum absolute atomic E-state index is 0.0120. The highest BCUT2D eigenvalue weighted by atomic mass is 19.4. The van der Waals surface area contributed by atoms with Gasteiger partial charge in [0.25, 0.3) is 0 Å². The summed E-state index contributed by atoms with van der Waals surface area (Å²) in [5.41, 5.74) is 7.19. The third-order valence-corrected chi connectivity index (χ3v) is 2.54. The van der Waals surface area contributed by atoms with Gasteiger partial charge in [0.05, 0.1) is 12.1 Å². The molecule has 1 aromatic heterocycles. The van der Waals surface area contributed by atoms with Crippen molar-refractivity contribution in [3.63, 3.8) is 0 Å². The fourth-order valence-electron chi connectivity index (χ4n) is 1.75. The monoisotopic (exact) mass is 258 g/mol. The second-order valence-electron chi connectivity index (χ2n) is 4.00. The molecule has 0 bridgehead atoms. The van der Waals surface area contributed by atoms with Crippen LogP contribution in [0.3, 0.4) is 0 Å². The van der Waals surface area contributed by atoms with Crippen LogP contribution >= 0.6 is 0 Å². The van der Waals surface area contributed by atoms with Crippen molar-refractivity contribution in [3.05, 3.63) is 30.5 Å². The Morgan fingerprint density at radius 3 is 2.72 bits per heavy atom. The zero-order valence-electron chi connectivity index (χ0n) is 9.57. The predicted octanol–water partition coefficient (Wildman–Crippen LogP) is 2.80. The van der Waals surface area contributed by atoms with Crippen LogP contribution in [0.1, 0.15) is 0 Å². The number of alkyl halides is 3. The summed E-state index contributed by atoms with van der Waals surface area (Å²) >= 11 is 0. The Balaban J connectivity index is 1.98. The van der Waals surface area contributed by atoms with Crippen LogP contribution in [0.25, 0.3) is 10.9 Å². The van der Waals surface area contributed by atoms with Gasteiger partial charge in [0.15, 0.2) is 0 Å². The van der Waals surface area contributed by atoms with E-state index in [4.69, 9.17) is 5.73 Å². The summed E-state index contributed by atoms with van der Waals surface area (Å²) < 4.78 is 42.0. The standard InChI is InChI=1S/C12H13F3N2O/c13-12(14,15)8-18-6-5-17-4-3-9-1-2-10(16)7-11(9)17/h1-4,7H,5-6,8,16H2. The second-order valence-corrected chi connectivity index (χ2v) is 4.00. The molecule has 0 fully saturated rings. The molecule has 2 rings (SSSR count). The van der Waals surface area contributed by atoms with Crippen molar-refractivity contribution in [2.24, 2.45) is 0 Å². The zero-order valence-corrected chi connectivity index (χ0v) is 9.57. The lowest BCUT2D eigenvalue weighted by atomic mass is 10.2. The maximum absolute atomic E-state index is 11.9. The van der Waals surface area contributed by atoms with Crippen molar-refractivity contribution in [3.8, 4) is 0 Å². The Labute approximate surface area is 102 Å². The number of nitrogen functional groups attached to an aromatic ring is 1. The van der Waals surface area contributed by atoms with E-state index in [1.807, 2.05) is 16.7 Å². The summed E-state index contributed by atoms with van der Waals surface area (Å²) in [6.07, 6.45) is -2.47. The summed E-state index contributed by atoms with van der Waals surface area (Å²) in [7, 11) is 0. The highest BCUT2D eigenvalue weighted by molar-refractivity contribution is 5.83. The van der Waals surface area contributed by atoms with Gasteiger partial charge < -0.3 is 15.0 Å². The smallest absolute Gasteiger partial charge is 0.399 e. The quantitative estimate of drug-likeness (QED) is 0.676. The number of nitrogens with zero attached hydrogens (tertiary/aromatic N) is 1. The Hall–Kier alpha value is -1.69. The molecule has 0 amide bonds. The van der Waals surface area contributed by atoms with E-state index in [2.05, 4.69) is 4.74 Å². The van der Waals surface area contributed by atoms with Gasteiger partial charge in [0.2, 0.25) is 0 Å². The Morgan fingerprint density at radius 1 is 1.22 bits per heavy atom. The molecule has 3 nitrogen and oxygen atoms in total. The van der Waals surface area contributed by atoms with E-state index in [1.54, 1.807) is 18.3 Å². The van der Waals surface area contributed by atoms with Crippen molar-refractivity contribution in [1.29, 1.82) is 0 Å². The number of hydrogen-bond acceptors (Lipinski definition) is 2. The molecular formula is C12H13F3N2O. The van der Waals surface area contributed by atoms with Gasteiger partial charge >= 0.3 is 6.18 Å². The predicted molar refractivity (Wildman–Crippen MR) is 63.2 cm³/mol. The van der Waals surface area contributed by atoms with Crippen molar-refractivity contribution in [2.75, 3.05) is 18.9 Å². The summed E-state index contributed by atoms with van der Waals surface area (Å²) in [4.78, 5) is 0. The number of halogens is 3. The molecule has 18 heavy (non-hydrogen) atoms. The van der Waals surface area contributed by atoms with Crippen LogP contribution in [0.2, 0.25) is 0 Å². The van der Waals surface area contributed by atoms with E-state index in [1.165, 1.54) is 0 Å².